The number of fused-ring (bicyclic) bond motifs is 1. The van der Waals surface area contributed by atoms with Crippen molar-refractivity contribution in [3.63, 3.8) is 0 Å². The van der Waals surface area contributed by atoms with Crippen molar-refractivity contribution < 1.29 is 9.53 Å². The van der Waals surface area contributed by atoms with Gasteiger partial charge in [-0.05, 0) is 25.0 Å². The van der Waals surface area contributed by atoms with Gasteiger partial charge in [-0.2, -0.15) is 0 Å². The molecule has 3 heterocycles. The molecule has 2 N–H and O–H groups in total. The molecule has 0 spiro atoms. The number of rotatable bonds is 4. The molecule has 10 heteroatoms. The molecule has 0 bridgehead atoms. The first-order valence-corrected chi connectivity index (χ1v) is 8.80. The lowest BCUT2D eigenvalue weighted by Crippen LogP contribution is -2.50. The van der Waals surface area contributed by atoms with E-state index in [2.05, 4.69) is 25.8 Å². The van der Waals surface area contributed by atoms with E-state index in [-0.39, 0.29) is 36.1 Å². The largest absolute Gasteiger partial charge is 0.453 e. The number of halogens is 1. The fourth-order valence-electron chi connectivity index (χ4n) is 3.08. The molecule has 1 saturated heterocycles. The number of nitrogens with zero attached hydrogens (tertiary/aromatic N) is 5. The Labute approximate surface area is 175 Å². The smallest absolute Gasteiger partial charge is 0.409 e. The molecule has 0 atom stereocenters. The van der Waals surface area contributed by atoms with Crippen LogP contribution in [-0.4, -0.2) is 71.4 Å². The zero-order chi connectivity index (χ0) is 18.4. The third-order valence-electron chi connectivity index (χ3n) is 4.52. The van der Waals surface area contributed by atoms with E-state index in [4.69, 9.17) is 4.74 Å². The molecule has 1 aliphatic rings. The third-order valence-corrected chi connectivity index (χ3v) is 4.52. The molecule has 0 radical (unpaired) electrons. The van der Waals surface area contributed by atoms with Crippen LogP contribution >= 0.6 is 24.0 Å². The highest BCUT2D eigenvalue weighted by Gasteiger charge is 2.23. The Morgan fingerprint density at radius 2 is 2.11 bits per heavy atom. The van der Waals surface area contributed by atoms with Crippen molar-refractivity contribution in [2.75, 3.05) is 33.8 Å². The topological polar surface area (TPSA) is 96.1 Å². The van der Waals surface area contributed by atoms with Crippen LogP contribution < -0.4 is 10.6 Å². The fourth-order valence-corrected chi connectivity index (χ4v) is 3.08. The SMILES string of the molecule is CN=C(NCCc1nnc2ccccn12)NC1CCN(C(=O)OC)CC1.I. The van der Waals surface area contributed by atoms with Gasteiger partial charge in [0.05, 0.1) is 7.11 Å². The van der Waals surface area contributed by atoms with Crippen molar-refractivity contribution in [3.8, 4) is 0 Å². The summed E-state index contributed by atoms with van der Waals surface area (Å²) in [5.74, 6) is 1.67. The number of methoxy groups -OCH3 is 1. The van der Waals surface area contributed by atoms with Crippen LogP contribution in [0.3, 0.4) is 0 Å². The highest BCUT2D eigenvalue weighted by atomic mass is 127. The second-order valence-electron chi connectivity index (χ2n) is 6.17. The van der Waals surface area contributed by atoms with Crippen LogP contribution in [-0.2, 0) is 11.2 Å². The summed E-state index contributed by atoms with van der Waals surface area (Å²) in [6.07, 6.45) is 4.18. The number of nitrogens with one attached hydrogen (secondary N) is 2. The number of likely N-dealkylation sites (tertiary alicyclic amines) is 1. The number of aromatic nitrogens is 3. The zero-order valence-corrected chi connectivity index (χ0v) is 17.9. The van der Waals surface area contributed by atoms with Crippen molar-refractivity contribution in [3.05, 3.63) is 30.2 Å². The van der Waals surface area contributed by atoms with Gasteiger partial charge in [-0.3, -0.25) is 9.39 Å². The van der Waals surface area contributed by atoms with Crippen LogP contribution in [0, 0.1) is 0 Å². The summed E-state index contributed by atoms with van der Waals surface area (Å²) in [6, 6.07) is 6.14. The number of hydrogen-bond donors (Lipinski definition) is 2. The van der Waals surface area contributed by atoms with E-state index in [1.54, 1.807) is 11.9 Å². The zero-order valence-electron chi connectivity index (χ0n) is 15.6. The van der Waals surface area contributed by atoms with Crippen LogP contribution in [0.15, 0.2) is 29.4 Å². The van der Waals surface area contributed by atoms with E-state index < -0.39 is 0 Å². The van der Waals surface area contributed by atoms with E-state index in [9.17, 15) is 4.79 Å². The second kappa shape index (κ2) is 10.3. The molecular weight excluding hydrogens is 461 g/mol. The molecule has 0 saturated carbocycles. The molecule has 148 valence electrons. The van der Waals surface area contributed by atoms with Gasteiger partial charge >= 0.3 is 6.09 Å². The van der Waals surface area contributed by atoms with Gasteiger partial charge in [-0.15, -0.1) is 34.2 Å². The number of aliphatic imine (C=N–C) groups is 1. The lowest BCUT2D eigenvalue weighted by molar-refractivity contribution is 0.111. The van der Waals surface area contributed by atoms with Crippen LogP contribution in [0.1, 0.15) is 18.7 Å². The molecule has 2 aromatic heterocycles. The average Bonchev–Trinajstić information content (AvgIpc) is 3.10. The Hall–Kier alpha value is -2.11. The van der Waals surface area contributed by atoms with E-state index in [1.165, 1.54) is 7.11 Å². The van der Waals surface area contributed by atoms with Crippen molar-refractivity contribution in [2.24, 2.45) is 4.99 Å². The van der Waals surface area contributed by atoms with Crippen molar-refractivity contribution >= 4 is 41.7 Å². The number of carbonyl (C=O) groups is 1. The van der Waals surface area contributed by atoms with Gasteiger partial charge in [0.2, 0.25) is 0 Å². The molecular formula is C17H26IN7O2. The first kappa shape index (κ1) is 21.2. The third kappa shape index (κ3) is 5.44. The van der Waals surface area contributed by atoms with Gasteiger partial charge in [0.25, 0.3) is 0 Å². The van der Waals surface area contributed by atoms with Gasteiger partial charge in [-0.1, -0.05) is 6.07 Å². The molecule has 1 amide bonds. The number of guanidine groups is 1. The Balaban J connectivity index is 0.00000261. The summed E-state index contributed by atoms with van der Waals surface area (Å²) >= 11 is 0. The predicted octanol–water partition coefficient (Wildman–Crippen LogP) is 1.29. The van der Waals surface area contributed by atoms with Gasteiger partial charge in [-0.25, -0.2) is 4.79 Å². The van der Waals surface area contributed by atoms with Crippen molar-refractivity contribution in [2.45, 2.75) is 25.3 Å². The number of amides is 1. The maximum absolute atomic E-state index is 11.5. The molecule has 9 nitrogen and oxygen atoms in total. The minimum Gasteiger partial charge on any atom is -0.453 e. The van der Waals surface area contributed by atoms with E-state index in [0.717, 1.165) is 36.7 Å². The second-order valence-corrected chi connectivity index (χ2v) is 6.17. The molecule has 0 aromatic carbocycles. The first-order chi connectivity index (χ1) is 12.7. The Morgan fingerprint density at radius 3 is 2.81 bits per heavy atom. The molecule has 1 fully saturated rings. The molecule has 2 aromatic rings. The summed E-state index contributed by atoms with van der Waals surface area (Å²) in [6.45, 7) is 2.08. The van der Waals surface area contributed by atoms with E-state index in [0.29, 0.717) is 19.6 Å². The van der Waals surface area contributed by atoms with Crippen LogP contribution in [0.25, 0.3) is 5.65 Å². The quantitative estimate of drug-likeness (QED) is 0.384. The summed E-state index contributed by atoms with van der Waals surface area (Å²) < 4.78 is 6.75. The lowest BCUT2D eigenvalue weighted by atomic mass is 10.1. The molecule has 0 unspecified atom stereocenters. The van der Waals surface area contributed by atoms with Gasteiger partial charge in [0.15, 0.2) is 11.6 Å². The maximum Gasteiger partial charge on any atom is 0.409 e. The fraction of sp³-hybridized carbons (Fsp3) is 0.529. The Morgan fingerprint density at radius 1 is 1.33 bits per heavy atom. The Kier molecular flexibility index (Phi) is 8.07. The standard InChI is InChI=1S/C17H25N7O2.HI/c1-18-16(20-13-7-11-23(12-8-13)17(25)26-2)19-9-6-15-22-21-14-5-3-4-10-24(14)15;/h3-5,10,13H,6-9,11-12H2,1-2H3,(H2,18,19,20);1H. The lowest BCUT2D eigenvalue weighted by Gasteiger charge is -2.32. The summed E-state index contributed by atoms with van der Waals surface area (Å²) in [7, 11) is 3.17. The summed E-state index contributed by atoms with van der Waals surface area (Å²) in [4.78, 5) is 17.5. The minimum atomic E-state index is -0.258. The number of pyridine rings is 1. The molecule has 1 aliphatic heterocycles. The van der Waals surface area contributed by atoms with Gasteiger partial charge < -0.3 is 20.3 Å². The van der Waals surface area contributed by atoms with Crippen LogP contribution in [0.5, 0.6) is 0 Å². The first-order valence-electron chi connectivity index (χ1n) is 8.80. The summed E-state index contributed by atoms with van der Waals surface area (Å²) in [5.41, 5.74) is 0.849. The summed E-state index contributed by atoms with van der Waals surface area (Å²) in [5, 5.41) is 15.1. The minimum absolute atomic E-state index is 0. The molecule has 3 rings (SSSR count). The molecule has 27 heavy (non-hydrogen) atoms. The molecule has 0 aliphatic carbocycles. The Bertz CT molecular complexity index is 771. The van der Waals surface area contributed by atoms with E-state index >= 15 is 0 Å². The maximum atomic E-state index is 11.5. The number of ether oxygens (including phenoxy) is 1. The van der Waals surface area contributed by atoms with Crippen LogP contribution in [0.2, 0.25) is 0 Å². The highest BCUT2D eigenvalue weighted by Crippen LogP contribution is 2.11. The van der Waals surface area contributed by atoms with Gasteiger partial charge in [0.1, 0.15) is 5.82 Å². The number of hydrogen-bond acceptors (Lipinski definition) is 5. The predicted molar refractivity (Wildman–Crippen MR) is 114 cm³/mol. The van der Waals surface area contributed by atoms with E-state index in [1.807, 2.05) is 28.8 Å². The number of piperidine rings is 1. The monoisotopic (exact) mass is 487 g/mol. The van der Waals surface area contributed by atoms with Gasteiger partial charge in [0, 0.05) is 45.3 Å². The number of carbonyl (C=O) groups excluding carboxylic acids is 1. The van der Waals surface area contributed by atoms with Crippen molar-refractivity contribution in [1.82, 2.24) is 30.1 Å². The normalized spacial score (nSPS) is 15.3. The highest BCUT2D eigenvalue weighted by molar-refractivity contribution is 14.0. The average molecular weight is 487 g/mol. The van der Waals surface area contributed by atoms with Crippen LogP contribution in [0.4, 0.5) is 4.79 Å². The van der Waals surface area contributed by atoms with Crippen molar-refractivity contribution in [1.29, 1.82) is 0 Å².